The first-order valence-corrected chi connectivity index (χ1v) is 9.29. The molecule has 2 nitrogen and oxygen atoms in total. The number of alkyl halides is 3. The predicted molar refractivity (Wildman–Crippen MR) is 95.8 cm³/mol. The van der Waals surface area contributed by atoms with Crippen molar-refractivity contribution in [2.45, 2.75) is 37.3 Å². The minimum atomic E-state index is -4.44. The first-order chi connectivity index (χ1) is 12.4. The normalized spacial score (nSPS) is 16.0. The van der Waals surface area contributed by atoms with E-state index in [4.69, 9.17) is 0 Å². The van der Waals surface area contributed by atoms with Crippen molar-refractivity contribution in [1.82, 2.24) is 5.32 Å². The van der Waals surface area contributed by atoms with Crippen LogP contribution in [0.4, 0.5) is 13.2 Å². The van der Waals surface area contributed by atoms with Crippen LogP contribution in [0.1, 0.15) is 41.7 Å². The van der Waals surface area contributed by atoms with E-state index in [1.807, 2.05) is 17.5 Å². The van der Waals surface area contributed by atoms with Crippen molar-refractivity contribution in [1.29, 1.82) is 0 Å². The molecule has 6 heteroatoms. The van der Waals surface area contributed by atoms with Gasteiger partial charge in [-0.25, -0.2) is 0 Å². The monoisotopic (exact) mass is 377 g/mol. The summed E-state index contributed by atoms with van der Waals surface area (Å²) in [5.41, 5.74) is -1.35. The van der Waals surface area contributed by atoms with Crippen LogP contribution in [0.3, 0.4) is 0 Å². The van der Waals surface area contributed by atoms with Crippen molar-refractivity contribution in [2.75, 3.05) is 6.54 Å². The third-order valence-corrected chi connectivity index (χ3v) is 5.75. The second-order valence-electron chi connectivity index (χ2n) is 6.29. The van der Waals surface area contributed by atoms with Crippen molar-refractivity contribution in [2.24, 2.45) is 0 Å². The Morgan fingerprint density at radius 2 is 1.88 bits per heavy atom. The fourth-order valence-corrected chi connectivity index (χ4v) is 4.37. The van der Waals surface area contributed by atoms with Gasteiger partial charge in [-0.2, -0.15) is 13.2 Å². The van der Waals surface area contributed by atoms with Crippen LogP contribution in [0.2, 0.25) is 0 Å². The van der Waals surface area contributed by atoms with E-state index in [0.717, 1.165) is 36.6 Å². The Morgan fingerprint density at radius 1 is 1.15 bits per heavy atom. The number of amides is 1. The SMILES string of the molecule is O=C(NCC#Cc1ccccc1C(F)(F)F)C1(c2cccs2)CCCC1. The molecule has 1 aliphatic carbocycles. The van der Waals surface area contributed by atoms with Crippen LogP contribution < -0.4 is 5.32 Å². The van der Waals surface area contributed by atoms with Crippen LogP contribution in [0.15, 0.2) is 41.8 Å². The first kappa shape index (κ1) is 18.5. The van der Waals surface area contributed by atoms with E-state index in [-0.39, 0.29) is 18.0 Å². The number of carbonyl (C=O) groups excluding carboxylic acids is 1. The molecule has 1 fully saturated rings. The lowest BCUT2D eigenvalue weighted by molar-refractivity contribution is -0.137. The molecule has 1 aromatic carbocycles. The van der Waals surface area contributed by atoms with Gasteiger partial charge in [0, 0.05) is 10.4 Å². The van der Waals surface area contributed by atoms with Crippen molar-refractivity contribution in [3.8, 4) is 11.8 Å². The minimum Gasteiger partial charge on any atom is -0.344 e. The molecule has 26 heavy (non-hydrogen) atoms. The summed E-state index contributed by atoms with van der Waals surface area (Å²) < 4.78 is 38.9. The second-order valence-corrected chi connectivity index (χ2v) is 7.24. The van der Waals surface area contributed by atoms with E-state index in [1.165, 1.54) is 18.2 Å². The van der Waals surface area contributed by atoms with Gasteiger partial charge in [0.1, 0.15) is 0 Å². The quantitative estimate of drug-likeness (QED) is 0.769. The van der Waals surface area contributed by atoms with Crippen LogP contribution in [0.5, 0.6) is 0 Å². The topological polar surface area (TPSA) is 29.1 Å². The summed E-state index contributed by atoms with van der Waals surface area (Å²) in [6.07, 6.45) is -0.860. The molecule has 3 rings (SSSR count). The molecule has 1 amide bonds. The number of benzene rings is 1. The van der Waals surface area contributed by atoms with Gasteiger partial charge in [0.2, 0.25) is 5.91 Å². The average molecular weight is 377 g/mol. The molecule has 0 unspecified atom stereocenters. The van der Waals surface area contributed by atoms with Gasteiger partial charge in [0.15, 0.2) is 0 Å². The van der Waals surface area contributed by atoms with Gasteiger partial charge in [-0.05, 0) is 36.4 Å². The van der Waals surface area contributed by atoms with Gasteiger partial charge >= 0.3 is 6.18 Å². The standard InChI is InChI=1S/C20H18F3NOS/c21-20(22,23)16-9-2-1-7-15(16)8-5-13-24-18(25)19(11-3-4-12-19)17-10-6-14-26-17/h1-2,6-7,9-10,14H,3-4,11-13H2,(H,24,25). The number of halogens is 3. The molecular weight excluding hydrogens is 359 g/mol. The van der Waals surface area contributed by atoms with Crippen LogP contribution in [0, 0.1) is 11.8 Å². The smallest absolute Gasteiger partial charge is 0.344 e. The molecule has 1 heterocycles. The minimum absolute atomic E-state index is 0.0259. The molecule has 2 aromatic rings. The van der Waals surface area contributed by atoms with Crippen molar-refractivity contribution in [3.63, 3.8) is 0 Å². The van der Waals surface area contributed by atoms with E-state index in [9.17, 15) is 18.0 Å². The Balaban J connectivity index is 1.70. The van der Waals surface area contributed by atoms with E-state index >= 15 is 0 Å². The molecular formula is C20H18F3NOS. The lowest BCUT2D eigenvalue weighted by Crippen LogP contribution is -2.42. The van der Waals surface area contributed by atoms with E-state index in [1.54, 1.807) is 11.3 Å². The third kappa shape index (κ3) is 3.78. The van der Waals surface area contributed by atoms with Gasteiger partial charge < -0.3 is 5.32 Å². The maximum absolute atomic E-state index is 13.0. The van der Waals surface area contributed by atoms with Crippen LogP contribution in [-0.4, -0.2) is 12.5 Å². The van der Waals surface area contributed by atoms with Gasteiger partial charge in [-0.3, -0.25) is 4.79 Å². The summed E-state index contributed by atoms with van der Waals surface area (Å²) in [6, 6.07) is 9.10. The lowest BCUT2D eigenvalue weighted by Gasteiger charge is -2.26. The highest BCUT2D eigenvalue weighted by Crippen LogP contribution is 2.43. The molecule has 1 aromatic heterocycles. The van der Waals surface area contributed by atoms with Crippen molar-refractivity contribution in [3.05, 3.63) is 57.8 Å². The molecule has 0 aliphatic heterocycles. The number of hydrogen-bond donors (Lipinski definition) is 1. The summed E-state index contributed by atoms with van der Waals surface area (Å²) >= 11 is 1.57. The summed E-state index contributed by atoms with van der Waals surface area (Å²) in [7, 11) is 0. The largest absolute Gasteiger partial charge is 0.417 e. The Hall–Kier alpha value is -2.26. The average Bonchev–Trinajstić information content (AvgIpc) is 3.29. The molecule has 0 radical (unpaired) electrons. The molecule has 0 atom stereocenters. The molecule has 0 bridgehead atoms. The zero-order chi connectivity index (χ0) is 18.6. The number of thiophene rings is 1. The van der Waals surface area contributed by atoms with Crippen LogP contribution >= 0.6 is 11.3 Å². The Labute approximate surface area is 154 Å². The summed E-state index contributed by atoms with van der Waals surface area (Å²) in [5, 5.41) is 4.75. The number of rotatable bonds is 3. The number of carbonyl (C=O) groups is 1. The van der Waals surface area contributed by atoms with Crippen LogP contribution in [0.25, 0.3) is 0 Å². The van der Waals surface area contributed by atoms with E-state index < -0.39 is 17.2 Å². The van der Waals surface area contributed by atoms with E-state index in [2.05, 4.69) is 17.2 Å². The maximum Gasteiger partial charge on any atom is 0.417 e. The Kier molecular flexibility index (Phi) is 5.38. The number of hydrogen-bond acceptors (Lipinski definition) is 2. The van der Waals surface area contributed by atoms with Crippen molar-refractivity contribution < 1.29 is 18.0 Å². The first-order valence-electron chi connectivity index (χ1n) is 8.41. The molecule has 1 saturated carbocycles. The fraction of sp³-hybridized carbons (Fsp3) is 0.350. The molecule has 0 spiro atoms. The molecule has 136 valence electrons. The molecule has 1 N–H and O–H groups in total. The van der Waals surface area contributed by atoms with Gasteiger partial charge in [0.25, 0.3) is 0 Å². The third-order valence-electron chi connectivity index (χ3n) is 4.68. The van der Waals surface area contributed by atoms with Gasteiger partial charge in [-0.15, -0.1) is 11.3 Å². The predicted octanol–water partition coefficient (Wildman–Crippen LogP) is 4.75. The van der Waals surface area contributed by atoms with Crippen molar-refractivity contribution >= 4 is 17.2 Å². The van der Waals surface area contributed by atoms with E-state index in [0.29, 0.717) is 0 Å². The highest BCUT2D eigenvalue weighted by atomic mass is 32.1. The summed E-state index contributed by atoms with van der Waals surface area (Å²) in [4.78, 5) is 13.8. The van der Waals surface area contributed by atoms with Gasteiger partial charge in [-0.1, -0.05) is 42.9 Å². The fourth-order valence-electron chi connectivity index (χ4n) is 3.39. The maximum atomic E-state index is 13.0. The van der Waals surface area contributed by atoms with Crippen LogP contribution in [-0.2, 0) is 16.4 Å². The second kappa shape index (κ2) is 7.55. The summed E-state index contributed by atoms with van der Waals surface area (Å²) in [5.74, 6) is 5.10. The van der Waals surface area contributed by atoms with Gasteiger partial charge in [0.05, 0.1) is 17.5 Å². The highest BCUT2D eigenvalue weighted by Gasteiger charge is 2.43. The Bertz CT molecular complexity index is 825. The lowest BCUT2D eigenvalue weighted by atomic mass is 9.83. The summed E-state index contributed by atoms with van der Waals surface area (Å²) in [6.45, 7) is 0.0259. The number of nitrogens with one attached hydrogen (secondary N) is 1. The molecule has 1 aliphatic rings. The zero-order valence-electron chi connectivity index (χ0n) is 14.0. The zero-order valence-corrected chi connectivity index (χ0v) is 14.8. The Morgan fingerprint density at radius 3 is 2.54 bits per heavy atom. The highest BCUT2D eigenvalue weighted by molar-refractivity contribution is 7.10. The molecule has 0 saturated heterocycles.